The lowest BCUT2D eigenvalue weighted by Gasteiger charge is -2.20. The molecule has 0 aromatic heterocycles. The van der Waals surface area contributed by atoms with E-state index in [0.29, 0.717) is 6.42 Å². The van der Waals surface area contributed by atoms with Gasteiger partial charge in [-0.2, -0.15) is 0 Å². The second kappa shape index (κ2) is 4.77. The summed E-state index contributed by atoms with van der Waals surface area (Å²) in [5.74, 6) is -2.04. The molecule has 14 heavy (non-hydrogen) atoms. The summed E-state index contributed by atoms with van der Waals surface area (Å²) in [6.45, 7) is 1.46. The normalized spacial score (nSPS) is 14.7. The highest BCUT2D eigenvalue weighted by Gasteiger charge is 2.16. The fourth-order valence-electron chi connectivity index (χ4n) is 1.32. The Hall–Kier alpha value is -1.35. The molecule has 0 saturated heterocycles. The summed E-state index contributed by atoms with van der Waals surface area (Å²) in [5.41, 5.74) is 0.891. The third kappa shape index (κ3) is 2.85. The number of rotatable bonds is 4. The maximum absolute atomic E-state index is 10.7. The Labute approximate surface area is 83.0 Å². The predicted molar refractivity (Wildman–Crippen MR) is 50.3 cm³/mol. The molecule has 0 spiro atoms. The van der Waals surface area contributed by atoms with Gasteiger partial charge in [0.2, 0.25) is 0 Å². The van der Waals surface area contributed by atoms with Crippen molar-refractivity contribution in [1.29, 1.82) is 0 Å². The zero-order valence-corrected chi connectivity index (χ0v) is 8.01. The summed E-state index contributed by atoms with van der Waals surface area (Å²) in [6.07, 6.45) is -0.582. The van der Waals surface area contributed by atoms with Gasteiger partial charge in [0.05, 0.1) is 6.10 Å². The van der Waals surface area contributed by atoms with Crippen molar-refractivity contribution in [3.8, 4) is 0 Å². The lowest BCUT2D eigenvalue weighted by molar-refractivity contribution is -0.314. The molecule has 1 rings (SSSR count). The highest BCUT2D eigenvalue weighted by Crippen LogP contribution is 2.11. The molecule has 2 unspecified atom stereocenters. The van der Waals surface area contributed by atoms with Gasteiger partial charge in [0.25, 0.3) is 0 Å². The SMILES string of the molecule is CC(O)C(Cc1ccccc1)C(=O)[O-]. The predicted octanol–water partition coefficient (Wildman–Crippen LogP) is -0.0240. The Morgan fingerprint density at radius 3 is 2.43 bits per heavy atom. The molecular weight excluding hydrogens is 180 g/mol. The second-order valence-corrected chi connectivity index (χ2v) is 3.36. The van der Waals surface area contributed by atoms with Gasteiger partial charge in [-0.15, -0.1) is 0 Å². The number of aliphatic carboxylic acids is 1. The molecular formula is C11H13O3-. The lowest BCUT2D eigenvalue weighted by Crippen LogP contribution is -2.38. The molecule has 0 amide bonds. The van der Waals surface area contributed by atoms with Crippen LogP contribution in [0.4, 0.5) is 0 Å². The molecule has 76 valence electrons. The van der Waals surface area contributed by atoms with Gasteiger partial charge in [0, 0.05) is 11.9 Å². The summed E-state index contributed by atoms with van der Waals surface area (Å²) >= 11 is 0. The smallest absolute Gasteiger partial charge is 0.0595 e. The number of aliphatic hydroxyl groups is 1. The Bertz CT molecular complexity index is 293. The molecule has 3 nitrogen and oxygen atoms in total. The zero-order valence-electron chi connectivity index (χ0n) is 8.01. The molecule has 0 radical (unpaired) electrons. The van der Waals surface area contributed by atoms with E-state index in [4.69, 9.17) is 0 Å². The quantitative estimate of drug-likeness (QED) is 0.730. The van der Waals surface area contributed by atoms with Crippen molar-refractivity contribution in [2.75, 3.05) is 0 Å². The van der Waals surface area contributed by atoms with Crippen molar-refractivity contribution in [2.24, 2.45) is 5.92 Å². The van der Waals surface area contributed by atoms with Crippen molar-refractivity contribution in [1.82, 2.24) is 0 Å². The summed E-state index contributed by atoms with van der Waals surface area (Å²) < 4.78 is 0. The van der Waals surface area contributed by atoms with Crippen LogP contribution in [0.15, 0.2) is 30.3 Å². The molecule has 0 saturated carbocycles. The molecule has 1 aromatic carbocycles. The topological polar surface area (TPSA) is 60.4 Å². The first-order valence-corrected chi connectivity index (χ1v) is 4.54. The highest BCUT2D eigenvalue weighted by atomic mass is 16.4. The van der Waals surface area contributed by atoms with Gasteiger partial charge in [-0.05, 0) is 18.9 Å². The molecule has 0 aliphatic carbocycles. The van der Waals surface area contributed by atoms with Crippen molar-refractivity contribution >= 4 is 5.97 Å². The molecule has 1 aromatic rings. The van der Waals surface area contributed by atoms with E-state index >= 15 is 0 Å². The molecule has 0 fully saturated rings. The van der Waals surface area contributed by atoms with Crippen LogP contribution in [0.1, 0.15) is 12.5 Å². The number of benzene rings is 1. The lowest BCUT2D eigenvalue weighted by atomic mass is 9.95. The van der Waals surface area contributed by atoms with E-state index in [1.54, 1.807) is 0 Å². The standard InChI is InChI=1S/C11H14O3/c1-8(12)10(11(13)14)7-9-5-3-2-4-6-9/h2-6,8,10,12H,7H2,1H3,(H,13,14)/p-1. The van der Waals surface area contributed by atoms with Crippen LogP contribution in [0.25, 0.3) is 0 Å². The van der Waals surface area contributed by atoms with E-state index in [1.807, 2.05) is 30.3 Å². The number of hydrogen-bond donors (Lipinski definition) is 1. The Morgan fingerprint density at radius 2 is 2.00 bits per heavy atom. The number of hydrogen-bond acceptors (Lipinski definition) is 3. The van der Waals surface area contributed by atoms with Crippen LogP contribution < -0.4 is 5.11 Å². The van der Waals surface area contributed by atoms with Gasteiger partial charge in [0.15, 0.2) is 0 Å². The third-order valence-corrected chi connectivity index (χ3v) is 2.18. The largest absolute Gasteiger partial charge is 0.550 e. The summed E-state index contributed by atoms with van der Waals surface area (Å²) in [5, 5.41) is 19.9. The fraction of sp³-hybridized carbons (Fsp3) is 0.364. The number of aliphatic hydroxyl groups excluding tert-OH is 1. The molecule has 2 atom stereocenters. The molecule has 0 aliphatic rings. The van der Waals surface area contributed by atoms with E-state index in [1.165, 1.54) is 6.92 Å². The van der Waals surface area contributed by atoms with Crippen molar-refractivity contribution in [3.63, 3.8) is 0 Å². The van der Waals surface area contributed by atoms with E-state index < -0.39 is 18.0 Å². The minimum Gasteiger partial charge on any atom is -0.550 e. The summed E-state index contributed by atoms with van der Waals surface area (Å²) in [6, 6.07) is 9.20. The zero-order chi connectivity index (χ0) is 10.6. The van der Waals surface area contributed by atoms with Gasteiger partial charge in [0.1, 0.15) is 0 Å². The summed E-state index contributed by atoms with van der Waals surface area (Å²) in [4.78, 5) is 10.7. The van der Waals surface area contributed by atoms with Gasteiger partial charge >= 0.3 is 0 Å². The number of carboxylic acid groups (broad SMARTS) is 1. The average Bonchev–Trinajstić information content (AvgIpc) is 2.15. The first kappa shape index (κ1) is 10.7. The first-order chi connectivity index (χ1) is 6.61. The van der Waals surface area contributed by atoms with E-state index in [-0.39, 0.29) is 0 Å². The number of carboxylic acids is 1. The van der Waals surface area contributed by atoms with Crippen molar-refractivity contribution < 1.29 is 15.0 Å². The molecule has 0 aliphatic heterocycles. The third-order valence-electron chi connectivity index (χ3n) is 2.18. The average molecular weight is 193 g/mol. The van der Waals surface area contributed by atoms with Crippen molar-refractivity contribution in [2.45, 2.75) is 19.4 Å². The maximum atomic E-state index is 10.7. The van der Waals surface area contributed by atoms with Crippen LogP contribution in [0.3, 0.4) is 0 Å². The molecule has 1 N–H and O–H groups in total. The van der Waals surface area contributed by atoms with Crippen LogP contribution in [-0.4, -0.2) is 17.2 Å². The Balaban J connectivity index is 2.70. The maximum Gasteiger partial charge on any atom is 0.0595 e. The minimum atomic E-state index is -1.20. The van der Waals surface area contributed by atoms with Gasteiger partial charge in [-0.25, -0.2) is 0 Å². The van der Waals surface area contributed by atoms with Crippen LogP contribution >= 0.6 is 0 Å². The fourth-order valence-corrected chi connectivity index (χ4v) is 1.32. The molecule has 0 heterocycles. The van der Waals surface area contributed by atoms with E-state index in [2.05, 4.69) is 0 Å². The van der Waals surface area contributed by atoms with Gasteiger partial charge in [-0.3, -0.25) is 0 Å². The van der Waals surface area contributed by atoms with Crippen LogP contribution in [0.2, 0.25) is 0 Å². The Morgan fingerprint density at radius 1 is 1.43 bits per heavy atom. The van der Waals surface area contributed by atoms with Crippen LogP contribution in [0, 0.1) is 5.92 Å². The van der Waals surface area contributed by atoms with Crippen LogP contribution in [0.5, 0.6) is 0 Å². The number of carbonyl (C=O) groups excluding carboxylic acids is 1. The van der Waals surface area contributed by atoms with E-state index in [0.717, 1.165) is 5.56 Å². The first-order valence-electron chi connectivity index (χ1n) is 4.54. The number of carbonyl (C=O) groups is 1. The second-order valence-electron chi connectivity index (χ2n) is 3.36. The van der Waals surface area contributed by atoms with E-state index in [9.17, 15) is 15.0 Å². The van der Waals surface area contributed by atoms with Crippen molar-refractivity contribution in [3.05, 3.63) is 35.9 Å². The monoisotopic (exact) mass is 193 g/mol. The highest BCUT2D eigenvalue weighted by molar-refractivity contribution is 5.68. The van der Waals surface area contributed by atoms with Gasteiger partial charge < -0.3 is 15.0 Å². The summed E-state index contributed by atoms with van der Waals surface area (Å²) in [7, 11) is 0. The van der Waals surface area contributed by atoms with Crippen LogP contribution in [-0.2, 0) is 11.2 Å². The molecule has 3 heteroatoms. The Kier molecular flexibility index (Phi) is 3.65. The molecule has 0 bridgehead atoms. The minimum absolute atomic E-state index is 0.306. The van der Waals surface area contributed by atoms with Gasteiger partial charge in [-0.1, -0.05) is 30.3 Å².